The summed E-state index contributed by atoms with van der Waals surface area (Å²) in [5, 5.41) is 14.3. The second-order valence-electron chi connectivity index (χ2n) is 4.60. The molecule has 1 aliphatic rings. The summed E-state index contributed by atoms with van der Waals surface area (Å²) in [6.07, 6.45) is 0.352. The molecule has 0 fully saturated rings. The molecule has 0 saturated carbocycles. The molecule has 1 aliphatic heterocycles. The van der Waals surface area contributed by atoms with Crippen molar-refractivity contribution in [1.29, 1.82) is 0 Å². The first-order valence-corrected chi connectivity index (χ1v) is 6.43. The average molecular weight is 269 g/mol. The Kier molecular flexibility index (Phi) is 3.29. The van der Waals surface area contributed by atoms with Gasteiger partial charge in [-0.25, -0.2) is 0 Å². The zero-order valence-electron chi connectivity index (χ0n) is 11.1. The standard InChI is InChI=1S/C16H15NO3/c1-19-14-9-5-8-12(16(14)18)15-10-13(17-20-15)11-6-3-2-4-7-11/h2-9,15,18H,10H2,1H3. The summed E-state index contributed by atoms with van der Waals surface area (Å²) >= 11 is 0. The minimum absolute atomic E-state index is 0.115. The highest BCUT2D eigenvalue weighted by molar-refractivity contribution is 6.01. The molecule has 1 atom stereocenters. The zero-order valence-corrected chi connectivity index (χ0v) is 11.1. The minimum Gasteiger partial charge on any atom is -0.504 e. The van der Waals surface area contributed by atoms with Crippen molar-refractivity contribution in [2.24, 2.45) is 5.16 Å². The Morgan fingerprint density at radius 3 is 2.70 bits per heavy atom. The number of phenols is 1. The van der Waals surface area contributed by atoms with E-state index >= 15 is 0 Å². The van der Waals surface area contributed by atoms with E-state index in [4.69, 9.17) is 9.57 Å². The highest BCUT2D eigenvalue weighted by Crippen LogP contribution is 2.39. The molecule has 1 N–H and O–H groups in total. The van der Waals surface area contributed by atoms with Gasteiger partial charge in [-0.15, -0.1) is 0 Å². The van der Waals surface area contributed by atoms with Gasteiger partial charge in [-0.05, 0) is 11.6 Å². The molecule has 4 nitrogen and oxygen atoms in total. The van der Waals surface area contributed by atoms with Gasteiger partial charge >= 0.3 is 0 Å². The van der Waals surface area contributed by atoms with Gasteiger partial charge in [-0.2, -0.15) is 0 Å². The topological polar surface area (TPSA) is 51.0 Å². The third-order valence-electron chi connectivity index (χ3n) is 3.37. The molecule has 4 heteroatoms. The van der Waals surface area contributed by atoms with Gasteiger partial charge in [0.15, 0.2) is 17.6 Å². The molecule has 0 saturated heterocycles. The van der Waals surface area contributed by atoms with Crippen LogP contribution >= 0.6 is 0 Å². The summed E-state index contributed by atoms with van der Waals surface area (Å²) in [6, 6.07) is 15.3. The van der Waals surface area contributed by atoms with Crippen molar-refractivity contribution in [3.8, 4) is 11.5 Å². The van der Waals surface area contributed by atoms with Crippen LogP contribution in [0.5, 0.6) is 11.5 Å². The third kappa shape index (κ3) is 2.20. The Hall–Kier alpha value is -2.49. The number of benzene rings is 2. The van der Waals surface area contributed by atoms with Crippen LogP contribution in [0.1, 0.15) is 23.7 Å². The molecule has 0 amide bonds. The van der Waals surface area contributed by atoms with Crippen LogP contribution in [0.25, 0.3) is 0 Å². The van der Waals surface area contributed by atoms with Crippen molar-refractivity contribution >= 4 is 5.71 Å². The van der Waals surface area contributed by atoms with Gasteiger partial charge in [0, 0.05) is 12.0 Å². The van der Waals surface area contributed by atoms with Crippen molar-refractivity contribution < 1.29 is 14.7 Å². The number of ether oxygens (including phenoxy) is 1. The number of hydrogen-bond acceptors (Lipinski definition) is 4. The van der Waals surface area contributed by atoms with E-state index < -0.39 is 0 Å². The van der Waals surface area contributed by atoms with Crippen molar-refractivity contribution in [1.82, 2.24) is 0 Å². The summed E-state index contributed by atoms with van der Waals surface area (Å²) in [7, 11) is 1.53. The molecule has 0 bridgehead atoms. The van der Waals surface area contributed by atoms with Crippen molar-refractivity contribution in [2.45, 2.75) is 12.5 Å². The number of phenolic OH excluding ortho intramolecular Hbond substituents is 1. The maximum Gasteiger partial charge on any atom is 0.164 e. The summed E-state index contributed by atoms with van der Waals surface area (Å²) in [5.41, 5.74) is 2.62. The molecule has 1 unspecified atom stereocenters. The summed E-state index contributed by atoms with van der Waals surface area (Å²) in [5.74, 6) is 0.559. The lowest BCUT2D eigenvalue weighted by atomic mass is 9.99. The van der Waals surface area contributed by atoms with Crippen LogP contribution in [0.2, 0.25) is 0 Å². The molecule has 1 heterocycles. The number of rotatable bonds is 3. The smallest absolute Gasteiger partial charge is 0.164 e. The summed E-state index contributed by atoms with van der Waals surface area (Å²) in [6.45, 7) is 0. The lowest BCUT2D eigenvalue weighted by Crippen LogP contribution is -2.02. The van der Waals surface area contributed by atoms with E-state index in [2.05, 4.69) is 5.16 Å². The highest BCUT2D eigenvalue weighted by Gasteiger charge is 2.27. The van der Waals surface area contributed by atoms with Crippen molar-refractivity contribution in [2.75, 3.05) is 7.11 Å². The molecule has 0 aromatic heterocycles. The summed E-state index contributed by atoms with van der Waals surface area (Å²) < 4.78 is 5.11. The van der Waals surface area contributed by atoms with E-state index in [0.717, 1.165) is 11.3 Å². The van der Waals surface area contributed by atoms with Crippen LogP contribution < -0.4 is 4.74 Å². The normalized spacial score (nSPS) is 17.4. The Morgan fingerprint density at radius 2 is 1.95 bits per heavy atom. The van der Waals surface area contributed by atoms with Gasteiger partial charge in [0.1, 0.15) is 0 Å². The van der Waals surface area contributed by atoms with Gasteiger partial charge in [0.05, 0.1) is 12.8 Å². The number of para-hydroxylation sites is 1. The molecular weight excluding hydrogens is 254 g/mol. The maximum atomic E-state index is 10.2. The Morgan fingerprint density at radius 1 is 1.15 bits per heavy atom. The van der Waals surface area contributed by atoms with Gasteiger partial charge in [-0.1, -0.05) is 47.6 Å². The maximum absolute atomic E-state index is 10.2. The molecule has 20 heavy (non-hydrogen) atoms. The molecule has 0 aliphatic carbocycles. The first kappa shape index (κ1) is 12.5. The van der Waals surface area contributed by atoms with Gasteiger partial charge in [-0.3, -0.25) is 0 Å². The zero-order chi connectivity index (χ0) is 13.9. The van der Waals surface area contributed by atoms with E-state index in [9.17, 15) is 5.11 Å². The monoisotopic (exact) mass is 269 g/mol. The molecule has 0 radical (unpaired) electrons. The molecule has 102 valence electrons. The van der Waals surface area contributed by atoms with Crippen LogP contribution in [0.4, 0.5) is 0 Å². The third-order valence-corrected chi connectivity index (χ3v) is 3.37. The Labute approximate surface area is 117 Å². The predicted octanol–water partition coefficient (Wildman–Crippen LogP) is 3.27. The van der Waals surface area contributed by atoms with Crippen LogP contribution in [0, 0.1) is 0 Å². The van der Waals surface area contributed by atoms with Crippen LogP contribution in [0.3, 0.4) is 0 Å². The van der Waals surface area contributed by atoms with Gasteiger partial charge < -0.3 is 14.7 Å². The number of methoxy groups -OCH3 is 1. The second kappa shape index (κ2) is 5.25. The summed E-state index contributed by atoms with van der Waals surface area (Å²) in [4.78, 5) is 5.46. The predicted molar refractivity (Wildman–Crippen MR) is 76.1 cm³/mol. The number of oxime groups is 1. The number of nitrogens with zero attached hydrogens (tertiary/aromatic N) is 1. The molecule has 2 aromatic carbocycles. The first-order valence-electron chi connectivity index (χ1n) is 6.43. The second-order valence-corrected chi connectivity index (χ2v) is 4.60. The largest absolute Gasteiger partial charge is 0.504 e. The van der Waals surface area contributed by atoms with Crippen LogP contribution in [0.15, 0.2) is 53.7 Å². The lowest BCUT2D eigenvalue weighted by molar-refractivity contribution is 0.0835. The van der Waals surface area contributed by atoms with E-state index in [1.54, 1.807) is 6.07 Å². The van der Waals surface area contributed by atoms with Crippen molar-refractivity contribution in [3.05, 3.63) is 59.7 Å². The fourth-order valence-corrected chi connectivity index (χ4v) is 2.31. The van der Waals surface area contributed by atoms with E-state index in [-0.39, 0.29) is 11.9 Å². The average Bonchev–Trinajstić information content (AvgIpc) is 2.98. The van der Waals surface area contributed by atoms with E-state index in [0.29, 0.717) is 17.7 Å². The lowest BCUT2D eigenvalue weighted by Gasteiger charge is -2.12. The molecule has 2 aromatic rings. The van der Waals surface area contributed by atoms with E-state index in [1.165, 1.54) is 7.11 Å². The van der Waals surface area contributed by atoms with E-state index in [1.807, 2.05) is 42.5 Å². The fourth-order valence-electron chi connectivity index (χ4n) is 2.31. The fraction of sp³-hybridized carbons (Fsp3) is 0.188. The van der Waals surface area contributed by atoms with Gasteiger partial charge in [0.25, 0.3) is 0 Å². The molecule has 0 spiro atoms. The minimum atomic E-state index is -0.277. The van der Waals surface area contributed by atoms with Gasteiger partial charge in [0.2, 0.25) is 0 Å². The highest BCUT2D eigenvalue weighted by atomic mass is 16.6. The quantitative estimate of drug-likeness (QED) is 0.930. The Bertz CT molecular complexity index is 637. The number of aromatic hydroxyl groups is 1. The van der Waals surface area contributed by atoms with Crippen LogP contribution in [-0.4, -0.2) is 17.9 Å². The first-order chi connectivity index (χ1) is 9.79. The van der Waals surface area contributed by atoms with Crippen molar-refractivity contribution in [3.63, 3.8) is 0 Å². The molecular formula is C16H15NO3. The number of hydrogen-bond donors (Lipinski definition) is 1. The SMILES string of the molecule is COc1cccc(C2CC(c3ccccc3)=NO2)c1O. The molecule has 3 rings (SSSR count). The van der Waals surface area contributed by atoms with Crippen LogP contribution in [-0.2, 0) is 4.84 Å². The Balaban J connectivity index is 1.83.